The summed E-state index contributed by atoms with van der Waals surface area (Å²) in [5, 5.41) is 10.9. The van der Waals surface area contributed by atoms with Gasteiger partial charge in [0.15, 0.2) is 5.65 Å². The summed E-state index contributed by atoms with van der Waals surface area (Å²) in [4.78, 5) is 12.2. The Kier molecular flexibility index (Phi) is 6.05. The van der Waals surface area contributed by atoms with Crippen molar-refractivity contribution in [1.82, 2.24) is 24.6 Å². The van der Waals surface area contributed by atoms with Crippen LogP contribution in [0.3, 0.4) is 0 Å². The zero-order chi connectivity index (χ0) is 20.1. The smallest absolute Gasteiger partial charge is 0.240 e. The first-order chi connectivity index (χ1) is 13.4. The Bertz CT molecular complexity index is 1090. The summed E-state index contributed by atoms with van der Waals surface area (Å²) in [6, 6.07) is 10.8. The SMILES string of the molecule is Cc1ccc(S(=O)(=O)NCCC(=O)NCCc2nnc3ccccn23)c(C)c1. The van der Waals surface area contributed by atoms with Gasteiger partial charge in [-0.25, -0.2) is 13.1 Å². The number of carbonyl (C=O) groups excluding carboxylic acids is 1. The first kappa shape index (κ1) is 20.0. The van der Waals surface area contributed by atoms with E-state index in [1.165, 1.54) is 0 Å². The second kappa shape index (κ2) is 8.49. The summed E-state index contributed by atoms with van der Waals surface area (Å²) in [6.07, 6.45) is 2.46. The van der Waals surface area contributed by atoms with E-state index in [4.69, 9.17) is 0 Å². The molecule has 0 radical (unpaired) electrons. The molecule has 2 heterocycles. The molecule has 9 heteroatoms. The number of amides is 1. The number of rotatable bonds is 8. The summed E-state index contributed by atoms with van der Waals surface area (Å²) in [5.74, 6) is 0.531. The summed E-state index contributed by atoms with van der Waals surface area (Å²) >= 11 is 0. The zero-order valence-electron chi connectivity index (χ0n) is 15.8. The van der Waals surface area contributed by atoms with Crippen molar-refractivity contribution < 1.29 is 13.2 Å². The van der Waals surface area contributed by atoms with Crippen molar-refractivity contribution in [2.24, 2.45) is 0 Å². The Morgan fingerprint density at radius 3 is 2.71 bits per heavy atom. The molecule has 0 spiro atoms. The van der Waals surface area contributed by atoms with E-state index in [0.29, 0.717) is 18.5 Å². The molecule has 3 rings (SSSR count). The number of fused-ring (bicyclic) bond motifs is 1. The molecule has 0 saturated carbocycles. The lowest BCUT2D eigenvalue weighted by Gasteiger charge is -2.10. The summed E-state index contributed by atoms with van der Waals surface area (Å²) < 4.78 is 29.1. The van der Waals surface area contributed by atoms with Crippen LogP contribution >= 0.6 is 0 Å². The second-order valence-corrected chi connectivity index (χ2v) is 8.30. The molecule has 3 aromatic rings. The number of nitrogens with zero attached hydrogens (tertiary/aromatic N) is 3. The van der Waals surface area contributed by atoms with Gasteiger partial charge in [-0.1, -0.05) is 23.8 Å². The van der Waals surface area contributed by atoms with E-state index in [2.05, 4.69) is 20.2 Å². The van der Waals surface area contributed by atoms with Gasteiger partial charge in [-0.2, -0.15) is 0 Å². The summed E-state index contributed by atoms with van der Waals surface area (Å²) in [6.45, 7) is 4.10. The molecule has 148 valence electrons. The molecule has 0 unspecified atom stereocenters. The van der Waals surface area contributed by atoms with E-state index in [1.54, 1.807) is 19.1 Å². The van der Waals surface area contributed by atoms with Crippen LogP contribution in [0.5, 0.6) is 0 Å². The molecule has 0 aliphatic heterocycles. The molecule has 0 aliphatic carbocycles. The second-order valence-electron chi connectivity index (χ2n) is 6.56. The quantitative estimate of drug-likeness (QED) is 0.593. The molecule has 0 saturated heterocycles. The monoisotopic (exact) mass is 401 g/mol. The maximum absolute atomic E-state index is 12.4. The van der Waals surface area contributed by atoms with Crippen LogP contribution in [0.25, 0.3) is 5.65 Å². The molecule has 0 aliphatic rings. The van der Waals surface area contributed by atoms with Crippen LogP contribution in [0.15, 0.2) is 47.5 Å². The molecule has 1 aromatic carbocycles. The molecular weight excluding hydrogens is 378 g/mol. The molecule has 2 N–H and O–H groups in total. The van der Waals surface area contributed by atoms with Crippen LogP contribution in [-0.2, 0) is 21.2 Å². The van der Waals surface area contributed by atoms with Crippen LogP contribution in [0.1, 0.15) is 23.4 Å². The lowest BCUT2D eigenvalue weighted by atomic mass is 10.2. The van der Waals surface area contributed by atoms with Crippen molar-refractivity contribution in [3.05, 3.63) is 59.5 Å². The molecule has 0 bridgehead atoms. The number of aryl methyl sites for hydroxylation is 2. The maximum Gasteiger partial charge on any atom is 0.240 e. The first-order valence-corrected chi connectivity index (χ1v) is 10.5. The van der Waals surface area contributed by atoms with E-state index >= 15 is 0 Å². The van der Waals surface area contributed by atoms with Gasteiger partial charge >= 0.3 is 0 Å². The predicted molar refractivity (Wildman–Crippen MR) is 105 cm³/mol. The Labute approximate surface area is 164 Å². The molecule has 8 nitrogen and oxygen atoms in total. The molecule has 0 atom stereocenters. The third kappa shape index (κ3) is 4.73. The number of hydrogen-bond donors (Lipinski definition) is 2. The summed E-state index contributed by atoms with van der Waals surface area (Å²) in [5.41, 5.74) is 2.43. The number of pyridine rings is 1. The Morgan fingerprint density at radius 2 is 1.93 bits per heavy atom. The average molecular weight is 401 g/mol. The van der Waals surface area contributed by atoms with E-state index in [1.807, 2.05) is 41.8 Å². The van der Waals surface area contributed by atoms with Gasteiger partial charge in [-0.15, -0.1) is 10.2 Å². The number of sulfonamides is 1. The Morgan fingerprint density at radius 1 is 1.11 bits per heavy atom. The van der Waals surface area contributed by atoms with E-state index in [9.17, 15) is 13.2 Å². The fourth-order valence-corrected chi connectivity index (χ4v) is 4.20. The number of aromatic nitrogens is 3. The van der Waals surface area contributed by atoms with E-state index < -0.39 is 10.0 Å². The number of carbonyl (C=O) groups is 1. The van der Waals surface area contributed by atoms with Crippen LogP contribution in [-0.4, -0.2) is 42.0 Å². The highest BCUT2D eigenvalue weighted by molar-refractivity contribution is 7.89. The highest BCUT2D eigenvalue weighted by Gasteiger charge is 2.16. The number of hydrogen-bond acceptors (Lipinski definition) is 5. The van der Waals surface area contributed by atoms with Gasteiger partial charge in [0.2, 0.25) is 15.9 Å². The number of nitrogens with one attached hydrogen (secondary N) is 2. The minimum Gasteiger partial charge on any atom is -0.356 e. The van der Waals surface area contributed by atoms with Crippen molar-refractivity contribution in [2.45, 2.75) is 31.6 Å². The van der Waals surface area contributed by atoms with E-state index in [-0.39, 0.29) is 23.8 Å². The highest BCUT2D eigenvalue weighted by Crippen LogP contribution is 2.16. The van der Waals surface area contributed by atoms with Crippen LogP contribution in [0.4, 0.5) is 0 Å². The van der Waals surface area contributed by atoms with Crippen LogP contribution < -0.4 is 10.0 Å². The van der Waals surface area contributed by atoms with Gasteiger partial charge in [0.1, 0.15) is 5.82 Å². The third-order valence-corrected chi connectivity index (χ3v) is 5.94. The fourth-order valence-electron chi connectivity index (χ4n) is 2.94. The van der Waals surface area contributed by atoms with Gasteiger partial charge in [-0.05, 0) is 37.6 Å². The predicted octanol–water partition coefficient (Wildman–Crippen LogP) is 1.37. The molecule has 0 fully saturated rings. The van der Waals surface area contributed by atoms with Crippen molar-refractivity contribution in [2.75, 3.05) is 13.1 Å². The lowest BCUT2D eigenvalue weighted by molar-refractivity contribution is -0.120. The molecule has 1 amide bonds. The molecular formula is C19H23N5O3S. The van der Waals surface area contributed by atoms with Crippen LogP contribution in [0, 0.1) is 13.8 Å². The van der Waals surface area contributed by atoms with E-state index in [0.717, 1.165) is 17.0 Å². The van der Waals surface area contributed by atoms with Crippen molar-refractivity contribution >= 4 is 21.6 Å². The van der Waals surface area contributed by atoms with Crippen molar-refractivity contribution in [3.63, 3.8) is 0 Å². The average Bonchev–Trinajstić information content (AvgIpc) is 3.04. The Hall–Kier alpha value is -2.78. The Balaban J connectivity index is 1.45. The molecule has 28 heavy (non-hydrogen) atoms. The van der Waals surface area contributed by atoms with Gasteiger partial charge in [0, 0.05) is 32.1 Å². The van der Waals surface area contributed by atoms with Gasteiger partial charge in [0.25, 0.3) is 0 Å². The zero-order valence-corrected chi connectivity index (χ0v) is 16.7. The fraction of sp³-hybridized carbons (Fsp3) is 0.316. The van der Waals surface area contributed by atoms with Crippen molar-refractivity contribution in [3.8, 4) is 0 Å². The normalized spacial score (nSPS) is 11.6. The standard InChI is InChI=1S/C19H23N5O3S/c1-14-6-7-16(15(2)13-14)28(26,27)21-11-9-19(25)20-10-8-18-23-22-17-5-3-4-12-24(17)18/h3-7,12-13,21H,8-11H2,1-2H3,(H,20,25). The minimum absolute atomic E-state index is 0.0370. The van der Waals surface area contributed by atoms with Gasteiger partial charge in [-0.3, -0.25) is 9.20 Å². The van der Waals surface area contributed by atoms with Gasteiger partial charge in [0.05, 0.1) is 4.90 Å². The minimum atomic E-state index is -3.64. The summed E-state index contributed by atoms with van der Waals surface area (Å²) in [7, 11) is -3.64. The largest absolute Gasteiger partial charge is 0.356 e. The topological polar surface area (TPSA) is 105 Å². The molecule has 2 aromatic heterocycles. The van der Waals surface area contributed by atoms with Crippen LogP contribution in [0.2, 0.25) is 0 Å². The first-order valence-electron chi connectivity index (χ1n) is 8.99. The number of benzene rings is 1. The van der Waals surface area contributed by atoms with Crippen molar-refractivity contribution in [1.29, 1.82) is 0 Å². The van der Waals surface area contributed by atoms with Gasteiger partial charge < -0.3 is 5.32 Å². The highest BCUT2D eigenvalue weighted by atomic mass is 32.2. The lowest BCUT2D eigenvalue weighted by Crippen LogP contribution is -2.32. The maximum atomic E-state index is 12.4. The third-order valence-electron chi connectivity index (χ3n) is 4.32.